The van der Waals surface area contributed by atoms with Gasteiger partial charge in [0.25, 0.3) is 0 Å². The van der Waals surface area contributed by atoms with E-state index >= 15 is 0 Å². The minimum absolute atomic E-state index is 0.0103. The lowest BCUT2D eigenvalue weighted by molar-refractivity contribution is -0.124. The van der Waals surface area contributed by atoms with Crippen LogP contribution in [0.5, 0.6) is 0 Å². The minimum atomic E-state index is -0.344. The third-order valence-corrected chi connectivity index (χ3v) is 12.5. The van der Waals surface area contributed by atoms with Crippen molar-refractivity contribution in [1.82, 2.24) is 10.6 Å². The fourth-order valence-electron chi connectivity index (χ4n) is 9.64. The predicted molar refractivity (Wildman–Crippen MR) is 231 cm³/mol. The van der Waals surface area contributed by atoms with Gasteiger partial charge in [-0.25, -0.2) is 0 Å². The van der Waals surface area contributed by atoms with Crippen LogP contribution in [0.25, 0.3) is 21.5 Å². The molecule has 2 fully saturated rings. The molecule has 4 aromatic carbocycles. The zero-order valence-electron chi connectivity index (χ0n) is 34.6. The lowest BCUT2D eigenvalue weighted by Gasteiger charge is -2.26. The zero-order chi connectivity index (χ0) is 41.3. The summed E-state index contributed by atoms with van der Waals surface area (Å²) in [6, 6.07) is 23.1. The van der Waals surface area contributed by atoms with Crippen LogP contribution in [0.4, 0.5) is 11.4 Å². The van der Waals surface area contributed by atoms with Crippen LogP contribution in [-0.4, -0.2) is 59.1 Å². The van der Waals surface area contributed by atoms with Gasteiger partial charge >= 0.3 is 0 Å². The number of anilines is 2. The number of carbonyl (C=O) groups is 4. The molecule has 6 rings (SSSR count). The molecule has 2 aliphatic rings. The van der Waals surface area contributed by atoms with Crippen molar-refractivity contribution in [3.63, 3.8) is 0 Å². The molecule has 0 bridgehead atoms. The van der Waals surface area contributed by atoms with Gasteiger partial charge in [0.15, 0.2) is 0 Å². The summed E-state index contributed by atoms with van der Waals surface area (Å²) < 4.78 is 0. The van der Waals surface area contributed by atoms with E-state index < -0.39 is 0 Å². The van der Waals surface area contributed by atoms with E-state index in [-0.39, 0.29) is 84.4 Å². The van der Waals surface area contributed by atoms with E-state index in [1.807, 2.05) is 100 Å². The maximum atomic E-state index is 13.0. The van der Waals surface area contributed by atoms with Crippen molar-refractivity contribution in [3.8, 4) is 0 Å². The highest BCUT2D eigenvalue weighted by molar-refractivity contribution is 6.05. The normalized spacial score (nSPS) is 21.9. The number of amides is 4. The van der Waals surface area contributed by atoms with Gasteiger partial charge in [-0.1, -0.05) is 127 Å². The molecule has 6 N–H and O–H groups in total. The molecular formula is C48H62N4O6. The molecule has 0 radical (unpaired) electrons. The second-order valence-corrected chi connectivity index (χ2v) is 17.1. The van der Waals surface area contributed by atoms with E-state index in [1.54, 1.807) is 0 Å². The van der Waals surface area contributed by atoms with Gasteiger partial charge in [0.2, 0.25) is 23.6 Å². The largest absolute Gasteiger partial charge is 0.394 e. The van der Waals surface area contributed by atoms with Crippen molar-refractivity contribution >= 4 is 56.5 Å². The summed E-state index contributed by atoms with van der Waals surface area (Å²) in [7, 11) is 0. The van der Waals surface area contributed by atoms with Crippen LogP contribution in [0.1, 0.15) is 115 Å². The average Bonchev–Trinajstić information content (AvgIpc) is 3.74. The number of rotatable bonds is 19. The SMILES string of the molecule is CC(C)[C@H]1C(=O)N[C@H](CO)[C@H]1c1ccc(NC(=O)CCCCCCCCCCC(=O)Nc2ccc([C@H]3[C@@H](C(C)C)C(=O)N[C@@H]3CO)c3ccccc23)c2ccccc12. The van der Waals surface area contributed by atoms with Crippen LogP contribution in [0.2, 0.25) is 0 Å². The van der Waals surface area contributed by atoms with E-state index in [0.717, 1.165) is 95.4 Å². The Morgan fingerprint density at radius 3 is 1.22 bits per heavy atom. The number of hydrogen-bond acceptors (Lipinski definition) is 6. The molecule has 0 aromatic heterocycles. The first-order valence-electron chi connectivity index (χ1n) is 21.5. The van der Waals surface area contributed by atoms with Gasteiger partial charge in [0, 0.05) is 58.7 Å². The van der Waals surface area contributed by atoms with Crippen molar-refractivity contribution in [2.24, 2.45) is 23.7 Å². The summed E-state index contributed by atoms with van der Waals surface area (Å²) in [5.41, 5.74) is 3.55. The molecule has 0 saturated carbocycles. The Bertz CT molecular complexity index is 1930. The first-order chi connectivity index (χ1) is 28.0. The number of benzene rings is 4. The third-order valence-electron chi connectivity index (χ3n) is 12.5. The zero-order valence-corrected chi connectivity index (χ0v) is 34.6. The lowest BCUT2D eigenvalue weighted by atomic mass is 9.77. The summed E-state index contributed by atoms with van der Waals surface area (Å²) in [5.74, 6) is -0.607. The second kappa shape index (κ2) is 19.8. The number of nitrogens with one attached hydrogen (secondary N) is 4. The molecule has 310 valence electrons. The Morgan fingerprint density at radius 2 is 0.879 bits per heavy atom. The highest BCUT2D eigenvalue weighted by atomic mass is 16.3. The molecule has 4 amide bonds. The van der Waals surface area contributed by atoms with Crippen molar-refractivity contribution in [3.05, 3.63) is 83.9 Å². The monoisotopic (exact) mass is 790 g/mol. The number of hydrogen-bond donors (Lipinski definition) is 6. The molecule has 2 heterocycles. The second-order valence-electron chi connectivity index (χ2n) is 17.1. The number of carbonyl (C=O) groups excluding carboxylic acids is 4. The van der Waals surface area contributed by atoms with Gasteiger partial charge in [0.1, 0.15) is 0 Å². The Kier molecular flexibility index (Phi) is 14.6. The van der Waals surface area contributed by atoms with Crippen LogP contribution in [-0.2, 0) is 19.2 Å². The average molecular weight is 791 g/mol. The van der Waals surface area contributed by atoms with Gasteiger partial charge < -0.3 is 31.5 Å². The van der Waals surface area contributed by atoms with E-state index in [0.29, 0.717) is 12.8 Å². The summed E-state index contributed by atoms with van der Waals surface area (Å²) >= 11 is 0. The van der Waals surface area contributed by atoms with Crippen molar-refractivity contribution in [2.45, 2.75) is 116 Å². The van der Waals surface area contributed by atoms with Gasteiger partial charge in [-0.3, -0.25) is 19.2 Å². The van der Waals surface area contributed by atoms with Crippen molar-refractivity contribution in [1.29, 1.82) is 0 Å². The third kappa shape index (κ3) is 9.56. The number of aliphatic hydroxyl groups is 2. The van der Waals surface area contributed by atoms with Crippen LogP contribution < -0.4 is 21.3 Å². The fourth-order valence-corrected chi connectivity index (χ4v) is 9.64. The molecule has 0 aliphatic carbocycles. The predicted octanol–water partition coefficient (Wildman–Crippen LogP) is 8.16. The Labute approximate surface area is 342 Å². The Hall–Kier alpha value is -4.80. The summed E-state index contributed by atoms with van der Waals surface area (Å²) in [5, 5.41) is 36.3. The standard InChI is InChI=1S/C48H62N4O6/c1-29(2)43-45(39(27-53)51-47(43)57)35-23-25-37(33-19-15-13-17-31(33)35)49-41(55)21-11-9-7-5-6-8-10-12-22-42(56)50-38-26-24-36(32-18-14-16-20-34(32)38)46-40(28-54)52-48(58)44(46)30(3)4/h13-20,23-26,29-30,39-40,43-46,53-54H,5-12,21-22,27-28H2,1-4H3,(H,49,55)(H,50,56)(H,51,57)(H,52,58)/t39-,40-,43-,44-,45-,46-/m1/s1. The maximum absolute atomic E-state index is 13.0. The topological polar surface area (TPSA) is 157 Å². The summed E-state index contributed by atoms with van der Waals surface area (Å²) in [6.45, 7) is 7.91. The number of fused-ring (bicyclic) bond motifs is 2. The quantitative estimate of drug-likeness (QED) is 0.0527. The molecular weight excluding hydrogens is 729 g/mol. The minimum Gasteiger partial charge on any atom is -0.394 e. The fraction of sp³-hybridized carbons (Fsp3) is 0.500. The Balaban J connectivity index is 0.903. The van der Waals surface area contributed by atoms with Gasteiger partial charge in [0.05, 0.1) is 25.3 Å². The van der Waals surface area contributed by atoms with Crippen LogP contribution in [0.15, 0.2) is 72.8 Å². The van der Waals surface area contributed by atoms with E-state index in [1.165, 1.54) is 0 Å². The van der Waals surface area contributed by atoms with Crippen LogP contribution >= 0.6 is 0 Å². The highest BCUT2D eigenvalue weighted by Gasteiger charge is 2.46. The molecule has 0 unspecified atom stereocenters. The Morgan fingerprint density at radius 1 is 0.534 bits per heavy atom. The van der Waals surface area contributed by atoms with Gasteiger partial charge in [-0.15, -0.1) is 0 Å². The number of aliphatic hydroxyl groups excluding tert-OH is 2. The molecule has 58 heavy (non-hydrogen) atoms. The van der Waals surface area contributed by atoms with E-state index in [4.69, 9.17) is 0 Å². The summed E-state index contributed by atoms with van der Waals surface area (Å²) in [4.78, 5) is 51.6. The van der Waals surface area contributed by atoms with E-state index in [2.05, 4.69) is 21.3 Å². The van der Waals surface area contributed by atoms with Gasteiger partial charge in [-0.2, -0.15) is 0 Å². The van der Waals surface area contributed by atoms with Crippen LogP contribution in [0, 0.1) is 23.7 Å². The van der Waals surface area contributed by atoms with Gasteiger partial charge in [-0.05, 0) is 58.7 Å². The first kappa shape index (κ1) is 42.8. The van der Waals surface area contributed by atoms with Crippen molar-refractivity contribution in [2.75, 3.05) is 23.8 Å². The maximum Gasteiger partial charge on any atom is 0.224 e. The van der Waals surface area contributed by atoms with Crippen molar-refractivity contribution < 1.29 is 29.4 Å². The highest BCUT2D eigenvalue weighted by Crippen LogP contribution is 2.44. The van der Waals surface area contributed by atoms with Crippen LogP contribution in [0.3, 0.4) is 0 Å². The molecule has 4 aromatic rings. The molecule has 6 atom stereocenters. The molecule has 0 spiro atoms. The molecule has 2 saturated heterocycles. The van der Waals surface area contributed by atoms with E-state index in [9.17, 15) is 29.4 Å². The molecule has 10 nitrogen and oxygen atoms in total. The smallest absolute Gasteiger partial charge is 0.224 e. The summed E-state index contributed by atoms with van der Waals surface area (Å²) in [6.07, 6.45) is 8.82. The number of unbranched alkanes of at least 4 members (excludes halogenated alkanes) is 7. The lowest BCUT2D eigenvalue weighted by Crippen LogP contribution is -2.31. The first-order valence-corrected chi connectivity index (χ1v) is 21.5. The molecule has 10 heteroatoms. The molecule has 2 aliphatic heterocycles.